The first-order chi connectivity index (χ1) is 15.8. The average molecular weight is 455 g/mol. The largest absolute Gasteiger partial charge is 0.419 e. The Kier molecular flexibility index (Phi) is 6.36. The third-order valence-corrected chi connectivity index (χ3v) is 5.50. The molecular weight excluding hydrogens is 432 g/mol. The topological polar surface area (TPSA) is 113 Å². The Morgan fingerprint density at radius 3 is 2.33 bits per heavy atom. The molecular formula is C23H23F2N5O3. The van der Waals surface area contributed by atoms with Crippen LogP contribution in [-0.2, 0) is 0 Å². The van der Waals surface area contributed by atoms with Crippen molar-refractivity contribution in [1.82, 2.24) is 15.2 Å². The zero-order valence-electron chi connectivity index (χ0n) is 17.9. The minimum absolute atomic E-state index is 0.135. The number of nitrogens with one attached hydrogen (secondary N) is 2. The summed E-state index contributed by atoms with van der Waals surface area (Å²) in [6.07, 6.45) is 1.79. The zero-order chi connectivity index (χ0) is 23.5. The third kappa shape index (κ3) is 5.01. The van der Waals surface area contributed by atoms with Gasteiger partial charge in [0.15, 0.2) is 5.69 Å². The number of nitrogens with two attached hydrogens (primary N) is 1. The molecule has 0 unspecified atom stereocenters. The van der Waals surface area contributed by atoms with Gasteiger partial charge in [-0.15, -0.1) is 0 Å². The number of primary amides is 1. The molecule has 1 fully saturated rings. The Hall–Kier alpha value is -3.79. The van der Waals surface area contributed by atoms with Crippen molar-refractivity contribution in [1.29, 1.82) is 0 Å². The number of halogens is 2. The van der Waals surface area contributed by atoms with Gasteiger partial charge in [0, 0.05) is 17.3 Å². The van der Waals surface area contributed by atoms with Crippen LogP contribution in [0.4, 0.5) is 20.4 Å². The average Bonchev–Trinajstić information content (AvgIpc) is 3.19. The lowest BCUT2D eigenvalue weighted by Gasteiger charge is -2.29. The Labute approximate surface area is 188 Å². The monoisotopic (exact) mass is 455 g/mol. The van der Waals surface area contributed by atoms with E-state index in [0.717, 1.165) is 38.1 Å². The van der Waals surface area contributed by atoms with Crippen molar-refractivity contribution < 1.29 is 22.8 Å². The molecule has 1 saturated heterocycles. The van der Waals surface area contributed by atoms with Crippen LogP contribution in [0.1, 0.15) is 33.7 Å². The van der Waals surface area contributed by atoms with E-state index >= 15 is 0 Å². The van der Waals surface area contributed by atoms with Crippen LogP contribution < -0.4 is 16.4 Å². The molecule has 33 heavy (non-hydrogen) atoms. The molecule has 1 aliphatic heterocycles. The predicted octanol–water partition coefficient (Wildman–Crippen LogP) is 3.29. The van der Waals surface area contributed by atoms with Gasteiger partial charge in [0.2, 0.25) is 11.8 Å². The fourth-order valence-corrected chi connectivity index (χ4v) is 3.64. The SMILES string of the molecule is CN1CCC(NC(=O)c2ccc(Nc3oc(-c4c(F)cccc4F)nc3C(N)=O)cc2)CC1. The fraction of sp³-hybridized carbons (Fsp3) is 0.261. The molecule has 4 N–H and O–H groups in total. The minimum Gasteiger partial charge on any atom is -0.419 e. The lowest BCUT2D eigenvalue weighted by atomic mass is 10.0. The molecule has 10 heteroatoms. The molecule has 0 atom stereocenters. The standard InChI is InChI=1S/C23H23F2N5O3/c1-30-11-9-15(10-12-30)27-21(32)13-5-7-14(8-6-13)28-23-19(20(26)31)29-22(33-23)18-16(24)3-2-4-17(18)25/h2-8,15,28H,9-12H2,1H3,(H2,26,31)(H,27,32). The number of hydrogen-bond acceptors (Lipinski definition) is 6. The van der Waals surface area contributed by atoms with Crippen molar-refractivity contribution in [3.05, 3.63) is 65.4 Å². The van der Waals surface area contributed by atoms with Crippen LogP contribution in [0, 0.1) is 11.6 Å². The van der Waals surface area contributed by atoms with E-state index in [1.54, 1.807) is 24.3 Å². The van der Waals surface area contributed by atoms with Gasteiger partial charge in [-0.25, -0.2) is 13.8 Å². The maximum Gasteiger partial charge on any atom is 0.273 e. The van der Waals surface area contributed by atoms with Gasteiger partial charge in [-0.2, -0.15) is 0 Å². The van der Waals surface area contributed by atoms with Crippen LogP contribution in [-0.4, -0.2) is 47.9 Å². The summed E-state index contributed by atoms with van der Waals surface area (Å²) in [7, 11) is 2.05. The molecule has 0 radical (unpaired) electrons. The van der Waals surface area contributed by atoms with Gasteiger partial charge in [0.05, 0.1) is 0 Å². The normalized spacial score (nSPS) is 14.8. The van der Waals surface area contributed by atoms with Crippen LogP contribution in [0.15, 0.2) is 46.9 Å². The number of carbonyl (C=O) groups excluding carboxylic acids is 2. The number of anilines is 2. The van der Waals surface area contributed by atoms with Gasteiger partial charge < -0.3 is 25.7 Å². The number of oxazole rings is 1. The molecule has 4 rings (SSSR count). The molecule has 0 bridgehead atoms. The van der Waals surface area contributed by atoms with Crippen molar-refractivity contribution in [2.24, 2.45) is 5.73 Å². The summed E-state index contributed by atoms with van der Waals surface area (Å²) in [5, 5.41) is 5.86. The number of aromatic nitrogens is 1. The van der Waals surface area contributed by atoms with Crippen LogP contribution in [0.5, 0.6) is 0 Å². The number of piperidine rings is 1. The molecule has 0 aliphatic carbocycles. The molecule has 172 valence electrons. The van der Waals surface area contributed by atoms with E-state index in [2.05, 4.69) is 27.6 Å². The Morgan fingerprint density at radius 1 is 1.09 bits per heavy atom. The Morgan fingerprint density at radius 2 is 1.73 bits per heavy atom. The second-order valence-corrected chi connectivity index (χ2v) is 7.91. The molecule has 0 saturated carbocycles. The summed E-state index contributed by atoms with van der Waals surface area (Å²) in [6, 6.07) is 9.89. The van der Waals surface area contributed by atoms with E-state index in [1.807, 2.05) is 0 Å². The lowest BCUT2D eigenvalue weighted by Crippen LogP contribution is -2.43. The predicted molar refractivity (Wildman–Crippen MR) is 118 cm³/mol. The second-order valence-electron chi connectivity index (χ2n) is 7.91. The molecule has 0 spiro atoms. The summed E-state index contributed by atoms with van der Waals surface area (Å²) in [4.78, 5) is 30.4. The minimum atomic E-state index is -0.932. The lowest BCUT2D eigenvalue weighted by molar-refractivity contribution is 0.0916. The zero-order valence-corrected chi connectivity index (χ0v) is 17.9. The number of hydrogen-bond donors (Lipinski definition) is 3. The quantitative estimate of drug-likeness (QED) is 0.526. The van der Waals surface area contributed by atoms with Gasteiger partial charge in [0.25, 0.3) is 11.8 Å². The summed E-state index contributed by atoms with van der Waals surface area (Å²) in [5.74, 6) is -3.47. The first kappa shape index (κ1) is 22.4. The van der Waals surface area contributed by atoms with Crippen molar-refractivity contribution in [2.75, 3.05) is 25.5 Å². The molecule has 2 heterocycles. The Bertz CT molecular complexity index is 1150. The number of benzene rings is 2. The molecule has 1 aromatic heterocycles. The number of rotatable bonds is 6. The van der Waals surface area contributed by atoms with Crippen LogP contribution >= 0.6 is 0 Å². The van der Waals surface area contributed by atoms with Gasteiger partial charge in [0.1, 0.15) is 17.2 Å². The summed E-state index contributed by atoms with van der Waals surface area (Å²) in [6.45, 7) is 1.87. The first-order valence-electron chi connectivity index (χ1n) is 10.4. The molecule has 8 nitrogen and oxygen atoms in total. The third-order valence-electron chi connectivity index (χ3n) is 5.50. The van der Waals surface area contributed by atoms with Crippen molar-refractivity contribution in [3.63, 3.8) is 0 Å². The number of amides is 2. The van der Waals surface area contributed by atoms with E-state index in [9.17, 15) is 18.4 Å². The second kappa shape index (κ2) is 9.37. The number of nitrogens with zero attached hydrogens (tertiary/aromatic N) is 2. The maximum absolute atomic E-state index is 14.1. The van der Waals surface area contributed by atoms with Crippen molar-refractivity contribution in [2.45, 2.75) is 18.9 Å². The van der Waals surface area contributed by atoms with E-state index in [0.29, 0.717) is 11.3 Å². The van der Waals surface area contributed by atoms with Gasteiger partial charge in [-0.1, -0.05) is 6.07 Å². The highest BCUT2D eigenvalue weighted by molar-refractivity contribution is 5.97. The number of likely N-dealkylation sites (tertiary alicyclic amines) is 1. The van der Waals surface area contributed by atoms with E-state index in [1.165, 1.54) is 6.07 Å². The smallest absolute Gasteiger partial charge is 0.273 e. The Balaban J connectivity index is 1.50. The highest BCUT2D eigenvalue weighted by atomic mass is 19.1. The number of carbonyl (C=O) groups is 2. The van der Waals surface area contributed by atoms with Crippen LogP contribution in [0.3, 0.4) is 0 Å². The molecule has 3 aromatic rings. The molecule has 2 amide bonds. The first-order valence-corrected chi connectivity index (χ1v) is 10.4. The maximum atomic E-state index is 14.1. The van der Waals surface area contributed by atoms with Crippen LogP contribution in [0.25, 0.3) is 11.5 Å². The highest BCUT2D eigenvalue weighted by Crippen LogP contribution is 2.31. The van der Waals surface area contributed by atoms with E-state index in [4.69, 9.17) is 10.2 Å². The van der Waals surface area contributed by atoms with E-state index < -0.39 is 29.0 Å². The summed E-state index contributed by atoms with van der Waals surface area (Å²) in [5.41, 5.74) is 5.47. The van der Waals surface area contributed by atoms with Crippen molar-refractivity contribution in [3.8, 4) is 11.5 Å². The highest BCUT2D eigenvalue weighted by Gasteiger charge is 2.24. The van der Waals surface area contributed by atoms with Gasteiger partial charge >= 0.3 is 0 Å². The molecule has 2 aromatic carbocycles. The summed E-state index contributed by atoms with van der Waals surface area (Å²) >= 11 is 0. The van der Waals surface area contributed by atoms with Gasteiger partial charge in [-0.3, -0.25) is 9.59 Å². The fourth-order valence-electron chi connectivity index (χ4n) is 3.64. The summed E-state index contributed by atoms with van der Waals surface area (Å²) < 4.78 is 33.6. The molecule has 1 aliphatic rings. The van der Waals surface area contributed by atoms with Gasteiger partial charge in [-0.05, 0) is 69.4 Å². The van der Waals surface area contributed by atoms with Crippen LogP contribution in [0.2, 0.25) is 0 Å². The van der Waals surface area contributed by atoms with Crippen molar-refractivity contribution >= 4 is 23.4 Å². The van der Waals surface area contributed by atoms with E-state index in [-0.39, 0.29) is 23.5 Å².